The average Bonchev–Trinajstić information content (AvgIpc) is 2.61. The molecule has 1 fully saturated rings. The van der Waals surface area contributed by atoms with Gasteiger partial charge in [0.25, 0.3) is 0 Å². The number of carbonyl (C=O) groups is 3. The maximum absolute atomic E-state index is 12.1. The SMILES string of the molecule is CC(O)C(C(=O)SCCNC(=O)CCN(C=O)[C@@H]1OC(C)(C)OCC1(C)C)C(C)O. The first-order chi connectivity index (χ1) is 13.8. The van der Waals surface area contributed by atoms with Gasteiger partial charge in [0, 0.05) is 30.7 Å². The van der Waals surface area contributed by atoms with Crippen LogP contribution in [0.1, 0.15) is 48.0 Å². The Morgan fingerprint density at radius 3 is 2.37 bits per heavy atom. The van der Waals surface area contributed by atoms with Crippen molar-refractivity contribution >= 4 is 29.2 Å². The van der Waals surface area contributed by atoms with E-state index < -0.39 is 35.6 Å². The highest BCUT2D eigenvalue weighted by atomic mass is 32.2. The average molecular weight is 449 g/mol. The van der Waals surface area contributed by atoms with Crippen molar-refractivity contribution in [2.45, 2.75) is 72.2 Å². The van der Waals surface area contributed by atoms with Crippen LogP contribution < -0.4 is 5.32 Å². The maximum Gasteiger partial charge on any atom is 0.221 e. The van der Waals surface area contributed by atoms with Crippen LogP contribution in [-0.4, -0.2) is 82.2 Å². The minimum atomic E-state index is -0.949. The predicted molar refractivity (Wildman–Crippen MR) is 113 cm³/mol. The first-order valence-electron chi connectivity index (χ1n) is 10.1. The van der Waals surface area contributed by atoms with Crippen LogP contribution in [0.4, 0.5) is 0 Å². The number of nitrogens with one attached hydrogen (secondary N) is 1. The highest BCUT2D eigenvalue weighted by Gasteiger charge is 2.44. The molecule has 1 saturated heterocycles. The van der Waals surface area contributed by atoms with Gasteiger partial charge in [-0.15, -0.1) is 0 Å². The van der Waals surface area contributed by atoms with Crippen molar-refractivity contribution in [3.05, 3.63) is 0 Å². The third kappa shape index (κ3) is 8.14. The van der Waals surface area contributed by atoms with Gasteiger partial charge in [-0.2, -0.15) is 0 Å². The largest absolute Gasteiger partial charge is 0.393 e. The fraction of sp³-hybridized carbons (Fsp3) is 0.850. The number of nitrogens with zero attached hydrogens (tertiary/aromatic N) is 1. The molecule has 0 aromatic carbocycles. The quantitative estimate of drug-likeness (QED) is 0.312. The molecule has 0 bridgehead atoms. The van der Waals surface area contributed by atoms with E-state index in [9.17, 15) is 24.6 Å². The van der Waals surface area contributed by atoms with E-state index in [4.69, 9.17) is 9.47 Å². The molecule has 2 unspecified atom stereocenters. The van der Waals surface area contributed by atoms with Gasteiger partial charge in [0.2, 0.25) is 12.3 Å². The molecule has 0 aliphatic carbocycles. The Kier molecular flexibility index (Phi) is 10.2. The lowest BCUT2D eigenvalue weighted by molar-refractivity contribution is -0.336. The molecule has 10 heteroatoms. The molecule has 0 aromatic rings. The molecule has 2 amide bonds. The van der Waals surface area contributed by atoms with Crippen LogP contribution in [0.15, 0.2) is 0 Å². The second kappa shape index (κ2) is 11.4. The Morgan fingerprint density at radius 1 is 1.23 bits per heavy atom. The number of aliphatic hydroxyl groups is 2. The van der Waals surface area contributed by atoms with Crippen LogP contribution in [0, 0.1) is 11.3 Å². The van der Waals surface area contributed by atoms with Crippen molar-refractivity contribution in [2.24, 2.45) is 11.3 Å². The fourth-order valence-electron chi connectivity index (χ4n) is 3.19. The summed E-state index contributed by atoms with van der Waals surface area (Å²) in [5, 5.41) is 21.6. The lowest BCUT2D eigenvalue weighted by atomic mass is 9.89. The van der Waals surface area contributed by atoms with E-state index in [0.29, 0.717) is 18.8 Å². The summed E-state index contributed by atoms with van der Waals surface area (Å²) in [6.07, 6.45) is -1.64. The number of hydrogen-bond donors (Lipinski definition) is 3. The van der Waals surface area contributed by atoms with E-state index in [-0.39, 0.29) is 30.5 Å². The van der Waals surface area contributed by atoms with Crippen LogP contribution in [-0.2, 0) is 23.9 Å². The van der Waals surface area contributed by atoms with E-state index in [1.807, 2.05) is 13.8 Å². The van der Waals surface area contributed by atoms with Gasteiger partial charge in [0.15, 0.2) is 10.9 Å². The number of thioether (sulfide) groups is 1. The lowest BCUT2D eigenvalue weighted by Crippen LogP contribution is -2.57. The molecule has 3 N–H and O–H groups in total. The molecular weight excluding hydrogens is 412 g/mol. The van der Waals surface area contributed by atoms with E-state index in [0.717, 1.165) is 11.8 Å². The number of carbonyl (C=O) groups excluding carboxylic acids is 3. The molecule has 0 radical (unpaired) electrons. The van der Waals surface area contributed by atoms with Gasteiger partial charge in [0.05, 0.1) is 24.7 Å². The van der Waals surface area contributed by atoms with Crippen molar-refractivity contribution in [2.75, 3.05) is 25.4 Å². The van der Waals surface area contributed by atoms with Crippen molar-refractivity contribution < 1.29 is 34.1 Å². The van der Waals surface area contributed by atoms with Crippen molar-refractivity contribution in [3.63, 3.8) is 0 Å². The molecule has 0 aromatic heterocycles. The molecule has 1 heterocycles. The van der Waals surface area contributed by atoms with E-state index in [1.54, 1.807) is 13.8 Å². The zero-order valence-corrected chi connectivity index (χ0v) is 19.5. The lowest BCUT2D eigenvalue weighted by Gasteiger charge is -2.48. The van der Waals surface area contributed by atoms with Gasteiger partial charge >= 0.3 is 0 Å². The Bertz CT molecular complexity index is 588. The van der Waals surface area contributed by atoms with Crippen LogP contribution in [0.2, 0.25) is 0 Å². The fourth-order valence-corrected chi connectivity index (χ4v) is 4.18. The molecule has 30 heavy (non-hydrogen) atoms. The number of aliphatic hydroxyl groups excluding tert-OH is 2. The van der Waals surface area contributed by atoms with Gasteiger partial charge in [-0.1, -0.05) is 25.6 Å². The Morgan fingerprint density at radius 2 is 1.83 bits per heavy atom. The number of amides is 2. The van der Waals surface area contributed by atoms with Gasteiger partial charge in [-0.3, -0.25) is 14.4 Å². The predicted octanol–water partition coefficient (Wildman–Crippen LogP) is 0.724. The molecule has 0 saturated carbocycles. The van der Waals surface area contributed by atoms with Crippen LogP contribution in [0.25, 0.3) is 0 Å². The minimum absolute atomic E-state index is 0.0958. The second-order valence-corrected chi connectivity index (χ2v) is 9.86. The summed E-state index contributed by atoms with van der Waals surface area (Å²) in [4.78, 5) is 37.3. The van der Waals surface area contributed by atoms with Crippen LogP contribution in [0.3, 0.4) is 0 Å². The first kappa shape index (κ1) is 26.8. The smallest absolute Gasteiger partial charge is 0.221 e. The molecule has 3 atom stereocenters. The molecule has 1 aliphatic rings. The standard InChI is InChI=1S/C20H36N2O7S/c1-13(24)16(14(2)25)17(27)30-10-8-21-15(26)7-9-22(12-23)18-19(3,4)11-28-20(5,6)29-18/h12-14,16,18,24-25H,7-11H2,1-6H3,(H,21,26)/t13?,14?,16?,18-/m1/s1. The summed E-state index contributed by atoms with van der Waals surface area (Å²) in [7, 11) is 0. The Labute approximate surface area is 182 Å². The molecule has 0 spiro atoms. The maximum atomic E-state index is 12.1. The molecule has 1 aliphatic heterocycles. The number of rotatable bonds is 11. The third-order valence-electron chi connectivity index (χ3n) is 4.87. The molecule has 174 valence electrons. The van der Waals surface area contributed by atoms with Gasteiger partial charge in [0.1, 0.15) is 6.23 Å². The minimum Gasteiger partial charge on any atom is -0.393 e. The summed E-state index contributed by atoms with van der Waals surface area (Å²) in [6.45, 7) is 11.2. The summed E-state index contributed by atoms with van der Waals surface area (Å²) in [6, 6.07) is 0. The Hall–Kier alpha value is -1.20. The second-order valence-electron chi connectivity index (χ2n) is 8.76. The zero-order valence-electron chi connectivity index (χ0n) is 18.7. The van der Waals surface area contributed by atoms with Crippen molar-refractivity contribution in [1.82, 2.24) is 10.2 Å². The summed E-state index contributed by atoms with van der Waals surface area (Å²) < 4.78 is 11.6. The molecular formula is C20H36N2O7S. The highest BCUT2D eigenvalue weighted by molar-refractivity contribution is 8.13. The highest BCUT2D eigenvalue weighted by Crippen LogP contribution is 2.36. The van der Waals surface area contributed by atoms with Gasteiger partial charge < -0.3 is 29.9 Å². The van der Waals surface area contributed by atoms with E-state index in [1.165, 1.54) is 18.7 Å². The van der Waals surface area contributed by atoms with E-state index >= 15 is 0 Å². The monoisotopic (exact) mass is 448 g/mol. The summed E-state index contributed by atoms with van der Waals surface area (Å²) in [5.41, 5.74) is -0.422. The van der Waals surface area contributed by atoms with Crippen molar-refractivity contribution in [1.29, 1.82) is 0 Å². The third-order valence-corrected chi connectivity index (χ3v) is 5.83. The van der Waals surface area contributed by atoms with Crippen molar-refractivity contribution in [3.8, 4) is 0 Å². The Balaban J connectivity index is 2.44. The van der Waals surface area contributed by atoms with Gasteiger partial charge in [-0.05, 0) is 27.7 Å². The molecule has 1 rings (SSSR count). The van der Waals surface area contributed by atoms with Crippen LogP contribution >= 0.6 is 11.8 Å². The first-order valence-corrected chi connectivity index (χ1v) is 11.1. The summed E-state index contributed by atoms with van der Waals surface area (Å²) in [5.74, 6) is -1.60. The van der Waals surface area contributed by atoms with Crippen LogP contribution in [0.5, 0.6) is 0 Å². The van der Waals surface area contributed by atoms with Gasteiger partial charge in [-0.25, -0.2) is 0 Å². The molecule has 9 nitrogen and oxygen atoms in total. The number of hydrogen-bond acceptors (Lipinski definition) is 8. The normalized spacial score (nSPS) is 23.1. The zero-order chi connectivity index (χ0) is 23.1. The summed E-state index contributed by atoms with van der Waals surface area (Å²) >= 11 is 0.960. The van der Waals surface area contributed by atoms with E-state index in [2.05, 4.69) is 5.32 Å². The topological polar surface area (TPSA) is 125 Å². The number of ether oxygens (including phenoxy) is 2.